The monoisotopic (exact) mass is 277 g/mol. The van der Waals surface area contributed by atoms with Crippen LogP contribution in [0.3, 0.4) is 0 Å². The summed E-state index contributed by atoms with van der Waals surface area (Å²) < 4.78 is 30.2. The lowest BCUT2D eigenvalue weighted by molar-refractivity contribution is 0.0437. The van der Waals surface area contributed by atoms with E-state index in [1.165, 1.54) is 13.3 Å². The summed E-state index contributed by atoms with van der Waals surface area (Å²) in [6.45, 7) is 4.97. The van der Waals surface area contributed by atoms with Gasteiger partial charge in [0.05, 0.1) is 13.2 Å². The Bertz CT molecular complexity index is 469. The van der Waals surface area contributed by atoms with Crippen molar-refractivity contribution >= 4 is 10.0 Å². The summed E-state index contributed by atoms with van der Waals surface area (Å²) in [5.74, 6) is 0.661. The Hall–Kier alpha value is -0.960. The minimum Gasteiger partial charge on any atom is -0.382 e. The molecule has 0 spiro atoms. The van der Waals surface area contributed by atoms with Gasteiger partial charge in [0, 0.05) is 19.9 Å². The smallest absolute Gasteiger partial charge is 0.281 e. The molecule has 18 heavy (non-hydrogen) atoms. The highest BCUT2D eigenvalue weighted by atomic mass is 32.2. The van der Waals surface area contributed by atoms with Crippen LogP contribution in [0.25, 0.3) is 0 Å². The molecule has 0 aliphatic rings. The van der Waals surface area contributed by atoms with Gasteiger partial charge in [0.25, 0.3) is 10.0 Å². The van der Waals surface area contributed by atoms with Crippen LogP contribution in [-0.4, -0.2) is 38.3 Å². The first-order valence-electron chi connectivity index (χ1n) is 5.67. The molecule has 0 aromatic carbocycles. The van der Waals surface area contributed by atoms with Crippen molar-refractivity contribution in [2.75, 3.05) is 20.3 Å². The van der Waals surface area contributed by atoms with Crippen molar-refractivity contribution in [3.05, 3.63) is 12.0 Å². The molecule has 1 rings (SSSR count). The van der Waals surface area contributed by atoms with Gasteiger partial charge in [-0.05, 0) is 13.3 Å². The van der Waals surface area contributed by atoms with Crippen LogP contribution >= 0.6 is 0 Å². The Morgan fingerprint density at radius 1 is 1.44 bits per heavy atom. The van der Waals surface area contributed by atoms with E-state index in [9.17, 15) is 8.42 Å². The number of imidazole rings is 1. The van der Waals surface area contributed by atoms with E-state index in [4.69, 9.17) is 9.57 Å². The number of hydrogen-bond donors (Lipinski definition) is 1. The molecule has 1 heterocycles. The molecule has 0 atom stereocenters. The first-order chi connectivity index (χ1) is 8.51. The second-order valence-electron chi connectivity index (χ2n) is 3.75. The molecule has 7 nitrogen and oxygen atoms in total. The Balaban J connectivity index is 2.69. The molecule has 0 aliphatic heterocycles. The van der Waals surface area contributed by atoms with E-state index < -0.39 is 10.0 Å². The van der Waals surface area contributed by atoms with Crippen LogP contribution in [0.2, 0.25) is 0 Å². The van der Waals surface area contributed by atoms with Gasteiger partial charge in [0.2, 0.25) is 0 Å². The minimum absolute atomic E-state index is 0.0362. The van der Waals surface area contributed by atoms with Gasteiger partial charge in [-0.3, -0.25) is 4.84 Å². The Morgan fingerprint density at radius 2 is 2.17 bits per heavy atom. The summed E-state index contributed by atoms with van der Waals surface area (Å²) in [4.78, 5) is 10.8. The van der Waals surface area contributed by atoms with Gasteiger partial charge in [-0.2, -0.15) is 0 Å². The molecule has 0 radical (unpaired) electrons. The van der Waals surface area contributed by atoms with Gasteiger partial charge >= 0.3 is 0 Å². The van der Waals surface area contributed by atoms with Crippen LogP contribution in [0, 0.1) is 6.92 Å². The van der Waals surface area contributed by atoms with E-state index in [1.807, 2.05) is 11.8 Å². The second kappa shape index (κ2) is 6.83. The average Bonchev–Trinajstić information content (AvgIpc) is 2.68. The predicted octanol–water partition coefficient (Wildman–Crippen LogP) is 0.458. The molecule has 0 saturated carbocycles. The van der Waals surface area contributed by atoms with Crippen LogP contribution in [-0.2, 0) is 26.1 Å². The molecule has 1 aromatic rings. The van der Waals surface area contributed by atoms with Crippen LogP contribution < -0.4 is 4.89 Å². The summed E-state index contributed by atoms with van der Waals surface area (Å²) in [7, 11) is -2.21. The maximum absolute atomic E-state index is 11.8. The van der Waals surface area contributed by atoms with E-state index in [2.05, 4.69) is 4.98 Å². The highest BCUT2D eigenvalue weighted by molar-refractivity contribution is 7.89. The number of rotatable bonds is 8. The molecule has 1 N–H and O–H groups in total. The summed E-state index contributed by atoms with van der Waals surface area (Å²) in [6, 6.07) is 0. The topological polar surface area (TPSA) is 82.5 Å². The Labute approximate surface area is 107 Å². The van der Waals surface area contributed by atoms with E-state index >= 15 is 0 Å². The van der Waals surface area contributed by atoms with Crippen molar-refractivity contribution in [3.8, 4) is 0 Å². The number of sulfonamides is 1. The number of nitrogens with zero attached hydrogens (tertiary/aromatic N) is 2. The number of methoxy groups -OCH3 is 1. The fourth-order valence-corrected chi connectivity index (χ4v) is 2.21. The molecular formula is C10H19N3O4S. The zero-order chi connectivity index (χ0) is 13.6. The summed E-state index contributed by atoms with van der Waals surface area (Å²) in [5, 5.41) is -0.0362. The zero-order valence-electron chi connectivity index (χ0n) is 10.8. The fraction of sp³-hybridized carbons (Fsp3) is 0.700. The lowest BCUT2D eigenvalue weighted by atomic mass is 10.5. The molecular weight excluding hydrogens is 258 g/mol. The Morgan fingerprint density at radius 3 is 2.78 bits per heavy atom. The Kier molecular flexibility index (Phi) is 5.73. The van der Waals surface area contributed by atoms with Crippen molar-refractivity contribution in [1.29, 1.82) is 0 Å². The van der Waals surface area contributed by atoms with Crippen molar-refractivity contribution in [1.82, 2.24) is 14.4 Å². The average molecular weight is 277 g/mol. The molecule has 0 bridgehead atoms. The third kappa shape index (κ3) is 4.05. The van der Waals surface area contributed by atoms with Gasteiger partial charge in [0.1, 0.15) is 5.82 Å². The van der Waals surface area contributed by atoms with Crippen molar-refractivity contribution in [2.24, 2.45) is 0 Å². The zero-order valence-corrected chi connectivity index (χ0v) is 11.7. The molecule has 0 saturated heterocycles. The lowest BCUT2D eigenvalue weighted by Gasteiger charge is -2.04. The predicted molar refractivity (Wildman–Crippen MR) is 65.4 cm³/mol. The van der Waals surface area contributed by atoms with Crippen molar-refractivity contribution in [3.63, 3.8) is 0 Å². The number of aryl methyl sites for hydroxylation is 2. The van der Waals surface area contributed by atoms with Gasteiger partial charge in [-0.1, -0.05) is 11.8 Å². The van der Waals surface area contributed by atoms with Gasteiger partial charge in [-0.15, -0.1) is 0 Å². The third-order valence-corrected chi connectivity index (χ3v) is 3.34. The van der Waals surface area contributed by atoms with E-state index in [1.54, 1.807) is 11.5 Å². The van der Waals surface area contributed by atoms with Crippen molar-refractivity contribution < 1.29 is 18.0 Å². The number of aromatic nitrogens is 2. The second-order valence-corrected chi connectivity index (χ2v) is 5.34. The van der Waals surface area contributed by atoms with Gasteiger partial charge in [0.15, 0.2) is 5.03 Å². The molecule has 8 heteroatoms. The largest absolute Gasteiger partial charge is 0.382 e. The highest BCUT2D eigenvalue weighted by Crippen LogP contribution is 2.09. The van der Waals surface area contributed by atoms with Crippen LogP contribution in [0.5, 0.6) is 0 Å². The number of nitrogens with one attached hydrogen (secondary N) is 1. The number of ether oxygens (including phenoxy) is 1. The summed E-state index contributed by atoms with van der Waals surface area (Å²) in [6.07, 6.45) is 2.41. The SMILES string of the molecule is CCCn1cc(S(=O)(=O)NOCCOC)nc1C. The molecule has 0 amide bonds. The van der Waals surface area contributed by atoms with Crippen LogP contribution in [0.15, 0.2) is 11.2 Å². The number of hydrogen-bond acceptors (Lipinski definition) is 5. The van der Waals surface area contributed by atoms with Gasteiger partial charge < -0.3 is 9.30 Å². The molecule has 104 valence electrons. The normalized spacial score (nSPS) is 11.9. The maximum Gasteiger partial charge on any atom is 0.281 e. The summed E-state index contributed by atoms with van der Waals surface area (Å²) in [5.41, 5.74) is 0. The highest BCUT2D eigenvalue weighted by Gasteiger charge is 2.19. The first-order valence-corrected chi connectivity index (χ1v) is 7.16. The lowest BCUT2D eigenvalue weighted by Crippen LogP contribution is -2.26. The summed E-state index contributed by atoms with van der Waals surface area (Å²) >= 11 is 0. The first kappa shape index (κ1) is 15.1. The van der Waals surface area contributed by atoms with Gasteiger partial charge in [-0.25, -0.2) is 13.4 Å². The quantitative estimate of drug-likeness (QED) is 0.551. The van der Waals surface area contributed by atoms with Crippen LogP contribution in [0.4, 0.5) is 0 Å². The maximum atomic E-state index is 11.8. The van der Waals surface area contributed by atoms with E-state index in [-0.39, 0.29) is 11.6 Å². The van der Waals surface area contributed by atoms with Crippen LogP contribution in [0.1, 0.15) is 19.2 Å². The molecule has 0 fully saturated rings. The molecule has 0 unspecified atom stereocenters. The molecule has 1 aromatic heterocycles. The van der Waals surface area contributed by atoms with E-state index in [0.717, 1.165) is 13.0 Å². The van der Waals surface area contributed by atoms with Crippen molar-refractivity contribution in [2.45, 2.75) is 31.8 Å². The van der Waals surface area contributed by atoms with E-state index in [0.29, 0.717) is 12.4 Å². The standard InChI is InChI=1S/C10H19N3O4S/c1-4-5-13-8-10(11-9(13)2)18(14,15)12-17-7-6-16-3/h8,12H,4-7H2,1-3H3. The third-order valence-electron chi connectivity index (χ3n) is 2.25. The fourth-order valence-electron chi connectivity index (χ4n) is 1.36. The minimum atomic E-state index is -3.72. The molecule has 0 aliphatic carbocycles.